The number of likely N-dealkylation sites (tertiary alicyclic amines) is 1. The molecule has 30 heavy (non-hydrogen) atoms. The minimum atomic E-state index is -0.118. The van der Waals surface area contributed by atoms with Gasteiger partial charge in [0.15, 0.2) is 0 Å². The van der Waals surface area contributed by atoms with Crippen molar-refractivity contribution in [1.29, 1.82) is 0 Å². The number of nitrogens with one attached hydrogen (secondary N) is 2. The summed E-state index contributed by atoms with van der Waals surface area (Å²) < 4.78 is 1.60. The van der Waals surface area contributed by atoms with Crippen LogP contribution >= 0.6 is 11.6 Å². The Morgan fingerprint density at radius 2 is 1.93 bits per heavy atom. The molecule has 0 spiro atoms. The van der Waals surface area contributed by atoms with Crippen molar-refractivity contribution in [1.82, 2.24) is 30.2 Å². The molecule has 2 N–H and O–H groups in total. The lowest BCUT2D eigenvalue weighted by atomic mass is 9.96. The van der Waals surface area contributed by atoms with Crippen molar-refractivity contribution >= 4 is 23.4 Å². The molecule has 1 aliphatic heterocycles. The first kappa shape index (κ1) is 20.2. The van der Waals surface area contributed by atoms with Crippen LogP contribution in [-0.2, 0) is 7.05 Å². The number of carbonyl (C=O) groups is 2. The lowest BCUT2D eigenvalue weighted by molar-refractivity contribution is 0.0685. The number of aryl methyl sites for hydroxylation is 1. The first-order valence-electron chi connectivity index (χ1n) is 9.86. The molecule has 2 aromatic heterocycles. The Balaban J connectivity index is 1.32. The third kappa shape index (κ3) is 4.38. The van der Waals surface area contributed by atoms with Crippen LogP contribution in [0.4, 0.5) is 0 Å². The average molecular weight is 427 g/mol. The number of carbonyl (C=O) groups excluding carboxylic acids is 2. The molecule has 3 heterocycles. The van der Waals surface area contributed by atoms with Gasteiger partial charge in [-0.15, -0.1) is 0 Å². The Labute approximate surface area is 179 Å². The highest BCUT2D eigenvalue weighted by Crippen LogP contribution is 2.26. The Kier molecular flexibility index (Phi) is 5.85. The Morgan fingerprint density at radius 3 is 2.60 bits per heavy atom. The van der Waals surface area contributed by atoms with E-state index in [1.165, 1.54) is 0 Å². The summed E-state index contributed by atoms with van der Waals surface area (Å²) in [5, 5.41) is 14.6. The van der Waals surface area contributed by atoms with E-state index in [2.05, 4.69) is 20.6 Å². The van der Waals surface area contributed by atoms with Crippen molar-refractivity contribution < 1.29 is 9.59 Å². The number of hydrogen-bond acceptors (Lipinski definition) is 4. The molecular formula is C21H23ClN6O2. The molecule has 4 rings (SSSR count). The van der Waals surface area contributed by atoms with Gasteiger partial charge < -0.3 is 10.2 Å². The maximum atomic E-state index is 13.0. The highest BCUT2D eigenvalue weighted by Gasteiger charge is 2.26. The van der Waals surface area contributed by atoms with Crippen LogP contribution in [-0.4, -0.2) is 56.3 Å². The molecule has 0 radical (unpaired) electrons. The second kappa shape index (κ2) is 8.71. The summed E-state index contributed by atoms with van der Waals surface area (Å²) in [5.74, 6) is 0.189. The number of H-pyrrole nitrogens is 1. The van der Waals surface area contributed by atoms with Crippen LogP contribution in [0.15, 0.2) is 42.9 Å². The molecule has 1 aliphatic rings. The maximum Gasteiger partial charge on any atom is 0.257 e. The minimum Gasteiger partial charge on any atom is -0.352 e. The van der Waals surface area contributed by atoms with Crippen LogP contribution < -0.4 is 5.32 Å². The number of halogens is 1. The van der Waals surface area contributed by atoms with Gasteiger partial charge in [-0.3, -0.25) is 19.4 Å². The molecule has 0 aliphatic carbocycles. The SMILES string of the molecule is Cn1cc(C(=O)NCC2CCN(C(=O)c3cn[nH]c3-c3ccc(Cl)cc3)CC2)cn1. The molecule has 1 fully saturated rings. The lowest BCUT2D eigenvalue weighted by Gasteiger charge is -2.32. The number of rotatable bonds is 5. The zero-order valence-corrected chi connectivity index (χ0v) is 17.4. The molecule has 0 atom stereocenters. The van der Waals surface area contributed by atoms with Crippen molar-refractivity contribution in [3.63, 3.8) is 0 Å². The van der Waals surface area contributed by atoms with Crippen molar-refractivity contribution in [3.05, 3.63) is 59.0 Å². The van der Waals surface area contributed by atoms with Crippen molar-refractivity contribution in [3.8, 4) is 11.3 Å². The van der Waals surface area contributed by atoms with Crippen LogP contribution in [0.3, 0.4) is 0 Å². The van der Waals surface area contributed by atoms with Gasteiger partial charge in [0, 0.05) is 43.5 Å². The van der Waals surface area contributed by atoms with Crippen molar-refractivity contribution in [2.45, 2.75) is 12.8 Å². The molecule has 0 unspecified atom stereocenters. The number of aromatic nitrogens is 4. The fourth-order valence-electron chi connectivity index (χ4n) is 3.67. The van der Waals surface area contributed by atoms with Crippen molar-refractivity contribution in [2.24, 2.45) is 13.0 Å². The van der Waals surface area contributed by atoms with E-state index in [1.807, 2.05) is 17.0 Å². The molecule has 3 aromatic rings. The molecule has 1 saturated heterocycles. The van der Waals surface area contributed by atoms with Crippen LogP contribution in [0.1, 0.15) is 33.6 Å². The lowest BCUT2D eigenvalue weighted by Crippen LogP contribution is -2.41. The number of hydrogen-bond donors (Lipinski definition) is 2. The number of piperidine rings is 1. The van der Waals surface area contributed by atoms with Gasteiger partial charge in [-0.1, -0.05) is 23.7 Å². The van der Waals surface area contributed by atoms with Gasteiger partial charge >= 0.3 is 0 Å². The fraction of sp³-hybridized carbons (Fsp3) is 0.333. The summed E-state index contributed by atoms with van der Waals surface area (Å²) in [4.78, 5) is 27.1. The van der Waals surface area contributed by atoms with Crippen LogP contribution in [0.5, 0.6) is 0 Å². The highest BCUT2D eigenvalue weighted by molar-refractivity contribution is 6.30. The monoisotopic (exact) mass is 426 g/mol. The Morgan fingerprint density at radius 1 is 1.20 bits per heavy atom. The molecule has 1 aromatic carbocycles. The number of benzene rings is 1. The third-order valence-electron chi connectivity index (χ3n) is 5.42. The van der Waals surface area contributed by atoms with Gasteiger partial charge in [0.05, 0.1) is 29.2 Å². The van der Waals surface area contributed by atoms with Gasteiger partial charge in [0.2, 0.25) is 0 Å². The van der Waals surface area contributed by atoms with Gasteiger partial charge in [0.25, 0.3) is 11.8 Å². The van der Waals surface area contributed by atoms with Crippen molar-refractivity contribution in [2.75, 3.05) is 19.6 Å². The standard InChI is InChI=1S/C21H23ClN6O2/c1-27-13-16(11-25-27)20(29)23-10-14-6-8-28(9-7-14)21(30)18-12-24-26-19(18)15-2-4-17(22)5-3-15/h2-5,11-14H,6-10H2,1H3,(H,23,29)(H,24,26). The predicted molar refractivity (Wildman–Crippen MR) is 113 cm³/mol. The van der Waals surface area contributed by atoms with Crippen LogP contribution in [0.2, 0.25) is 5.02 Å². The van der Waals surface area contributed by atoms with E-state index < -0.39 is 0 Å². The number of amides is 2. The summed E-state index contributed by atoms with van der Waals surface area (Å²) in [7, 11) is 1.78. The minimum absolute atomic E-state index is 0.0356. The molecule has 8 nitrogen and oxygen atoms in total. The number of nitrogens with zero attached hydrogens (tertiary/aromatic N) is 4. The Bertz CT molecular complexity index is 1030. The van der Waals surface area contributed by atoms with Gasteiger partial charge in [-0.25, -0.2) is 0 Å². The quantitative estimate of drug-likeness (QED) is 0.655. The normalized spacial score (nSPS) is 14.7. The smallest absolute Gasteiger partial charge is 0.257 e. The zero-order chi connectivity index (χ0) is 21.1. The fourth-order valence-corrected chi connectivity index (χ4v) is 3.80. The molecule has 9 heteroatoms. The molecule has 156 valence electrons. The largest absolute Gasteiger partial charge is 0.352 e. The third-order valence-corrected chi connectivity index (χ3v) is 5.67. The van der Waals surface area contributed by atoms with E-state index in [0.29, 0.717) is 47.4 Å². The van der Waals surface area contributed by atoms with Crippen LogP contribution in [0.25, 0.3) is 11.3 Å². The predicted octanol–water partition coefficient (Wildman–Crippen LogP) is 2.75. The second-order valence-electron chi connectivity index (χ2n) is 7.51. The molecule has 2 amide bonds. The average Bonchev–Trinajstić information content (AvgIpc) is 3.42. The van der Waals surface area contributed by atoms with Gasteiger partial charge in [0.1, 0.15) is 0 Å². The second-order valence-corrected chi connectivity index (χ2v) is 7.95. The van der Waals surface area contributed by atoms with E-state index in [1.54, 1.807) is 42.5 Å². The first-order chi connectivity index (χ1) is 14.5. The van der Waals surface area contributed by atoms with E-state index in [9.17, 15) is 9.59 Å². The first-order valence-corrected chi connectivity index (χ1v) is 10.2. The van der Waals surface area contributed by atoms with E-state index >= 15 is 0 Å². The summed E-state index contributed by atoms with van der Waals surface area (Å²) >= 11 is 5.96. The Hall–Kier alpha value is -3.13. The molecule has 0 bridgehead atoms. The van der Waals surface area contributed by atoms with Crippen LogP contribution in [0, 0.1) is 5.92 Å². The van der Waals surface area contributed by atoms with Gasteiger partial charge in [-0.2, -0.15) is 10.2 Å². The summed E-state index contributed by atoms with van der Waals surface area (Å²) in [6, 6.07) is 7.31. The van der Waals surface area contributed by atoms with Gasteiger partial charge in [-0.05, 0) is 30.9 Å². The molecular weight excluding hydrogens is 404 g/mol. The van der Waals surface area contributed by atoms with E-state index in [4.69, 9.17) is 11.6 Å². The summed E-state index contributed by atoms with van der Waals surface area (Å²) in [5.41, 5.74) is 2.68. The van der Waals surface area contributed by atoms with E-state index in [0.717, 1.165) is 18.4 Å². The highest BCUT2D eigenvalue weighted by atomic mass is 35.5. The maximum absolute atomic E-state index is 13.0. The topological polar surface area (TPSA) is 95.9 Å². The number of aromatic amines is 1. The molecule has 0 saturated carbocycles. The summed E-state index contributed by atoms with van der Waals surface area (Å²) in [6.07, 6.45) is 6.51. The van der Waals surface area contributed by atoms with E-state index in [-0.39, 0.29) is 11.8 Å². The zero-order valence-electron chi connectivity index (χ0n) is 16.6. The summed E-state index contributed by atoms with van der Waals surface area (Å²) in [6.45, 7) is 1.90.